The summed E-state index contributed by atoms with van der Waals surface area (Å²) in [6.45, 7) is 1.20. The molecule has 0 bridgehead atoms. The Morgan fingerprint density at radius 1 is 1.19 bits per heavy atom. The summed E-state index contributed by atoms with van der Waals surface area (Å²) < 4.78 is 14.2. The largest absolute Gasteiger partial charge is 0.368 e. The van der Waals surface area contributed by atoms with Crippen molar-refractivity contribution in [3.8, 4) is 10.7 Å². The first-order valence-corrected chi connectivity index (χ1v) is 9.86. The molecule has 0 saturated heterocycles. The first-order chi connectivity index (χ1) is 13.2. The van der Waals surface area contributed by atoms with Crippen molar-refractivity contribution in [3.05, 3.63) is 53.0 Å². The summed E-state index contributed by atoms with van der Waals surface area (Å²) in [4.78, 5) is 9.81. The number of aromatic nitrogens is 4. The van der Waals surface area contributed by atoms with E-state index in [1.54, 1.807) is 23.6 Å². The highest BCUT2D eigenvalue weighted by atomic mass is 32.1. The molecule has 0 aliphatic heterocycles. The van der Waals surface area contributed by atoms with Gasteiger partial charge >= 0.3 is 0 Å². The number of nitrogens with two attached hydrogens (primary N) is 1. The molecule has 27 heavy (non-hydrogen) atoms. The van der Waals surface area contributed by atoms with Gasteiger partial charge in [0.05, 0.1) is 5.69 Å². The van der Waals surface area contributed by atoms with Crippen LogP contribution in [0, 0.1) is 5.82 Å². The van der Waals surface area contributed by atoms with Crippen molar-refractivity contribution in [2.75, 3.05) is 18.4 Å². The van der Waals surface area contributed by atoms with Gasteiger partial charge in [-0.25, -0.2) is 9.37 Å². The highest BCUT2D eigenvalue weighted by molar-refractivity contribution is 7.15. The summed E-state index contributed by atoms with van der Waals surface area (Å²) in [5.74, 6) is 0.428. The maximum atomic E-state index is 14.2. The fourth-order valence-corrected chi connectivity index (χ4v) is 4.25. The van der Waals surface area contributed by atoms with Crippen LogP contribution in [0.1, 0.15) is 29.8 Å². The normalized spacial score (nSPS) is 15.3. The fourth-order valence-electron chi connectivity index (χ4n) is 3.36. The average Bonchev–Trinajstić information content (AvgIpc) is 3.12. The predicted octanol–water partition coefficient (Wildman–Crippen LogP) is 3.17. The summed E-state index contributed by atoms with van der Waals surface area (Å²) in [6.07, 6.45) is 7.22. The third-order valence-corrected chi connectivity index (χ3v) is 6.09. The molecule has 0 atom stereocenters. The van der Waals surface area contributed by atoms with E-state index in [0.29, 0.717) is 24.6 Å². The van der Waals surface area contributed by atoms with Crippen LogP contribution in [-0.4, -0.2) is 33.3 Å². The summed E-state index contributed by atoms with van der Waals surface area (Å²) in [5.41, 5.74) is 6.60. The minimum absolute atomic E-state index is 0.238. The predicted molar refractivity (Wildman–Crippen MR) is 104 cm³/mol. The molecule has 140 valence electrons. The lowest BCUT2D eigenvalue weighted by Crippen LogP contribution is -2.42. The van der Waals surface area contributed by atoms with Crippen molar-refractivity contribution >= 4 is 17.2 Å². The number of rotatable bonds is 7. The van der Waals surface area contributed by atoms with Gasteiger partial charge in [0.2, 0.25) is 0 Å². The van der Waals surface area contributed by atoms with Crippen LogP contribution in [0.5, 0.6) is 0 Å². The van der Waals surface area contributed by atoms with E-state index in [2.05, 4.69) is 25.5 Å². The summed E-state index contributed by atoms with van der Waals surface area (Å²) in [6, 6.07) is 6.88. The van der Waals surface area contributed by atoms with Gasteiger partial charge < -0.3 is 11.1 Å². The second-order valence-electron chi connectivity index (χ2n) is 6.80. The Balaban J connectivity index is 1.44. The lowest BCUT2D eigenvalue weighted by Gasteiger charge is -2.41. The third-order valence-electron chi connectivity index (χ3n) is 5.01. The topological polar surface area (TPSA) is 89.6 Å². The van der Waals surface area contributed by atoms with Crippen LogP contribution < -0.4 is 11.1 Å². The van der Waals surface area contributed by atoms with Gasteiger partial charge in [-0.3, -0.25) is 4.98 Å². The molecule has 1 aliphatic carbocycles. The second kappa shape index (κ2) is 7.66. The molecule has 0 aromatic carbocycles. The molecular weight excluding hydrogens is 363 g/mol. The third kappa shape index (κ3) is 3.68. The average molecular weight is 384 g/mol. The van der Waals surface area contributed by atoms with E-state index in [9.17, 15) is 4.39 Å². The second-order valence-corrected chi connectivity index (χ2v) is 7.91. The first kappa shape index (κ1) is 17.9. The summed E-state index contributed by atoms with van der Waals surface area (Å²) >= 11 is 1.58. The number of pyridine rings is 1. The number of nitrogens with one attached hydrogen (secondary N) is 1. The van der Waals surface area contributed by atoms with Crippen LogP contribution in [0.3, 0.4) is 0 Å². The molecule has 0 radical (unpaired) electrons. The van der Waals surface area contributed by atoms with Gasteiger partial charge in [-0.05, 0) is 50.1 Å². The molecule has 0 amide bonds. The Hall–Kier alpha value is -2.45. The molecule has 3 aromatic heterocycles. The molecule has 3 aromatic rings. The van der Waals surface area contributed by atoms with Crippen molar-refractivity contribution in [3.63, 3.8) is 0 Å². The molecule has 0 spiro atoms. The van der Waals surface area contributed by atoms with Gasteiger partial charge in [-0.15, -0.1) is 21.5 Å². The molecule has 1 fully saturated rings. The van der Waals surface area contributed by atoms with Gasteiger partial charge in [-0.1, -0.05) is 6.42 Å². The molecule has 0 unspecified atom stereocenters. The van der Waals surface area contributed by atoms with Crippen LogP contribution in [-0.2, 0) is 11.8 Å². The first-order valence-electron chi connectivity index (χ1n) is 9.04. The highest BCUT2D eigenvalue weighted by Gasteiger charge is 2.41. The van der Waals surface area contributed by atoms with Crippen molar-refractivity contribution in [1.82, 2.24) is 20.2 Å². The summed E-state index contributed by atoms with van der Waals surface area (Å²) in [7, 11) is 0. The maximum Gasteiger partial charge on any atom is 0.148 e. The molecule has 1 aliphatic rings. The number of anilines is 1. The molecule has 3 heterocycles. The zero-order chi connectivity index (χ0) is 18.7. The SMILES string of the molecule is NCCc1cnc(-c2ccc(NCC3(c4ncccc4F)CCC3)nn2)s1. The van der Waals surface area contributed by atoms with E-state index < -0.39 is 0 Å². The molecule has 6 nitrogen and oxygen atoms in total. The Morgan fingerprint density at radius 2 is 2.07 bits per heavy atom. The van der Waals surface area contributed by atoms with E-state index >= 15 is 0 Å². The van der Waals surface area contributed by atoms with Gasteiger partial charge in [-0.2, -0.15) is 0 Å². The minimum atomic E-state index is -0.266. The van der Waals surface area contributed by atoms with Crippen molar-refractivity contribution in [2.45, 2.75) is 31.1 Å². The standard InChI is InChI=1S/C19H21FN6S/c20-14-3-1-10-22-17(14)19(7-2-8-19)12-24-16-5-4-15(25-26-16)18-23-11-13(27-18)6-9-21/h1,3-5,10-11H,2,6-9,12,21H2,(H,24,26). The van der Waals surface area contributed by atoms with Gasteiger partial charge in [0, 0.05) is 29.2 Å². The van der Waals surface area contributed by atoms with Crippen molar-refractivity contribution < 1.29 is 4.39 Å². The van der Waals surface area contributed by atoms with Crippen LogP contribution in [0.15, 0.2) is 36.7 Å². The number of hydrogen-bond acceptors (Lipinski definition) is 7. The lowest BCUT2D eigenvalue weighted by atomic mass is 9.66. The van der Waals surface area contributed by atoms with E-state index in [4.69, 9.17) is 5.73 Å². The van der Waals surface area contributed by atoms with Gasteiger partial charge in [0.15, 0.2) is 0 Å². The quantitative estimate of drug-likeness (QED) is 0.650. The molecule has 4 rings (SSSR count). The Kier molecular flexibility index (Phi) is 5.09. The monoisotopic (exact) mass is 384 g/mol. The van der Waals surface area contributed by atoms with Gasteiger partial charge in [0.1, 0.15) is 22.3 Å². The number of halogens is 1. The molecule has 8 heteroatoms. The Bertz CT molecular complexity index is 907. The van der Waals surface area contributed by atoms with Crippen molar-refractivity contribution in [1.29, 1.82) is 0 Å². The van der Waals surface area contributed by atoms with Crippen molar-refractivity contribution in [2.24, 2.45) is 5.73 Å². The Labute approximate surface area is 161 Å². The molecular formula is C19H21FN6S. The maximum absolute atomic E-state index is 14.2. The number of nitrogens with zero attached hydrogens (tertiary/aromatic N) is 4. The van der Waals surface area contributed by atoms with Gasteiger partial charge in [0.25, 0.3) is 0 Å². The smallest absolute Gasteiger partial charge is 0.148 e. The van der Waals surface area contributed by atoms with Crippen LogP contribution in [0.4, 0.5) is 10.2 Å². The van der Waals surface area contributed by atoms with Crippen LogP contribution >= 0.6 is 11.3 Å². The van der Waals surface area contributed by atoms with E-state index in [1.165, 1.54) is 6.07 Å². The van der Waals surface area contributed by atoms with Crippen LogP contribution in [0.25, 0.3) is 10.7 Å². The number of thiazole rings is 1. The summed E-state index contributed by atoms with van der Waals surface area (Å²) in [5, 5.41) is 12.7. The zero-order valence-corrected chi connectivity index (χ0v) is 15.7. The molecule has 3 N–H and O–H groups in total. The van der Waals surface area contributed by atoms with E-state index in [-0.39, 0.29) is 11.2 Å². The van der Waals surface area contributed by atoms with E-state index in [0.717, 1.165) is 41.3 Å². The zero-order valence-electron chi connectivity index (χ0n) is 14.9. The Morgan fingerprint density at radius 3 is 2.74 bits per heavy atom. The number of hydrogen-bond donors (Lipinski definition) is 2. The lowest BCUT2D eigenvalue weighted by molar-refractivity contribution is 0.243. The fraction of sp³-hybridized carbons (Fsp3) is 0.368. The minimum Gasteiger partial charge on any atom is -0.368 e. The molecule has 1 saturated carbocycles. The van der Waals surface area contributed by atoms with Crippen LogP contribution in [0.2, 0.25) is 0 Å². The highest BCUT2D eigenvalue weighted by Crippen LogP contribution is 2.43. The van der Waals surface area contributed by atoms with E-state index in [1.807, 2.05) is 18.3 Å².